The number of rotatable bonds is 5. The molecule has 0 radical (unpaired) electrons. The van der Waals surface area contributed by atoms with Gasteiger partial charge in [-0.15, -0.1) is 11.3 Å². The van der Waals surface area contributed by atoms with E-state index in [4.69, 9.17) is 4.74 Å². The van der Waals surface area contributed by atoms with E-state index in [0.717, 1.165) is 33.3 Å². The molecular formula is C25H26F2N2O2S. The highest BCUT2D eigenvalue weighted by Crippen LogP contribution is 2.43. The van der Waals surface area contributed by atoms with E-state index in [1.807, 2.05) is 34.2 Å². The number of methoxy groups -OCH3 is 1. The van der Waals surface area contributed by atoms with Gasteiger partial charge in [-0.25, -0.2) is 0 Å². The molecule has 3 heterocycles. The van der Waals surface area contributed by atoms with Gasteiger partial charge in [0.15, 0.2) is 0 Å². The van der Waals surface area contributed by atoms with Crippen molar-refractivity contribution in [2.24, 2.45) is 5.41 Å². The Morgan fingerprint density at radius 1 is 1.25 bits per heavy atom. The Labute approximate surface area is 190 Å². The van der Waals surface area contributed by atoms with E-state index in [0.29, 0.717) is 36.5 Å². The first kappa shape index (κ1) is 22.3. The molecule has 2 aromatic heterocycles. The summed E-state index contributed by atoms with van der Waals surface area (Å²) in [6.45, 7) is 7.39. The lowest BCUT2D eigenvalue weighted by atomic mass is 9.93. The zero-order chi connectivity index (χ0) is 23.0. The number of amides is 1. The summed E-state index contributed by atoms with van der Waals surface area (Å²) in [6, 6.07) is 9.47. The fourth-order valence-electron chi connectivity index (χ4n) is 4.02. The number of hydrogen-bond acceptors (Lipinski definition) is 3. The summed E-state index contributed by atoms with van der Waals surface area (Å²) in [4.78, 5) is 14.1. The fraction of sp³-hybridized carbons (Fsp3) is 0.320. The number of carbonyl (C=O) groups excluding carboxylic acids is 1. The topological polar surface area (TPSA) is 43.3 Å². The van der Waals surface area contributed by atoms with Gasteiger partial charge in [0.2, 0.25) is 0 Å². The van der Waals surface area contributed by atoms with Crippen LogP contribution < -0.4 is 10.1 Å². The summed E-state index contributed by atoms with van der Waals surface area (Å²) in [5.41, 5.74) is 4.55. The van der Waals surface area contributed by atoms with Gasteiger partial charge >= 0.3 is 0 Å². The standard InChI is InChI=1S/C25H26F2N2O2S/c1-25(2,3)14-28-24(30)19-13-18(21-6-5-9-32-21)23-17-10-16(12-22(26)27)20(31-4)11-15(17)7-8-29(19)23/h5-6,9-13H,7-8,14H2,1-4H3,(H,28,30). The Hall–Kier alpha value is -2.93. The average molecular weight is 457 g/mol. The monoisotopic (exact) mass is 456 g/mol. The zero-order valence-electron chi connectivity index (χ0n) is 18.6. The quantitative estimate of drug-likeness (QED) is 0.479. The van der Waals surface area contributed by atoms with Crippen LogP contribution in [0.4, 0.5) is 8.78 Å². The van der Waals surface area contributed by atoms with Gasteiger partial charge in [-0.3, -0.25) is 4.79 Å². The van der Waals surface area contributed by atoms with Gasteiger partial charge in [0.25, 0.3) is 12.0 Å². The predicted molar refractivity (Wildman–Crippen MR) is 125 cm³/mol. The van der Waals surface area contributed by atoms with E-state index in [-0.39, 0.29) is 11.3 Å². The lowest BCUT2D eigenvalue weighted by molar-refractivity contribution is 0.0930. The molecule has 0 atom stereocenters. The minimum atomic E-state index is -1.78. The number of aryl methyl sites for hydroxylation is 1. The lowest BCUT2D eigenvalue weighted by Crippen LogP contribution is -2.33. The summed E-state index contributed by atoms with van der Waals surface area (Å²) in [6.07, 6.45) is -0.281. The van der Waals surface area contributed by atoms with Crippen molar-refractivity contribution in [2.75, 3.05) is 13.7 Å². The fourth-order valence-corrected chi connectivity index (χ4v) is 4.76. The van der Waals surface area contributed by atoms with Gasteiger partial charge in [0.05, 0.1) is 12.8 Å². The minimum absolute atomic E-state index is 0.0373. The van der Waals surface area contributed by atoms with Crippen molar-refractivity contribution in [3.63, 3.8) is 0 Å². The summed E-state index contributed by atoms with van der Waals surface area (Å²) in [5.74, 6) is 0.285. The molecule has 168 valence electrons. The van der Waals surface area contributed by atoms with E-state index in [1.165, 1.54) is 7.11 Å². The number of aromatic nitrogens is 1. The van der Waals surface area contributed by atoms with Crippen LogP contribution in [0, 0.1) is 5.41 Å². The van der Waals surface area contributed by atoms with E-state index >= 15 is 0 Å². The molecule has 7 heteroatoms. The van der Waals surface area contributed by atoms with Crippen LogP contribution >= 0.6 is 11.3 Å². The molecule has 0 fully saturated rings. The largest absolute Gasteiger partial charge is 0.496 e. The molecule has 1 aliphatic rings. The van der Waals surface area contributed by atoms with Gasteiger partial charge in [0.1, 0.15) is 11.4 Å². The molecule has 1 aromatic carbocycles. The Balaban J connectivity index is 1.89. The first-order valence-electron chi connectivity index (χ1n) is 10.5. The number of thiophene rings is 1. The first-order valence-corrected chi connectivity index (χ1v) is 11.4. The molecule has 0 saturated carbocycles. The van der Waals surface area contributed by atoms with Gasteiger partial charge < -0.3 is 14.6 Å². The second kappa shape index (κ2) is 8.54. The third kappa shape index (κ3) is 4.35. The molecule has 4 rings (SSSR count). The Morgan fingerprint density at radius 2 is 2.03 bits per heavy atom. The van der Waals surface area contributed by atoms with Gasteiger partial charge in [0, 0.05) is 40.7 Å². The summed E-state index contributed by atoms with van der Waals surface area (Å²) >= 11 is 1.59. The smallest absolute Gasteiger partial charge is 0.271 e. The molecule has 1 aliphatic heterocycles. The van der Waals surface area contributed by atoms with Crippen molar-refractivity contribution < 1.29 is 18.3 Å². The number of fused-ring (bicyclic) bond motifs is 3. The van der Waals surface area contributed by atoms with Crippen LogP contribution in [0.2, 0.25) is 0 Å². The molecule has 1 amide bonds. The van der Waals surface area contributed by atoms with E-state index in [1.54, 1.807) is 17.4 Å². The molecule has 0 unspecified atom stereocenters. The normalized spacial score (nSPS) is 12.7. The SMILES string of the molecule is COc1cc2c(cc1C=C(F)F)-c1c(-c3cccs3)cc(C(=O)NCC(C)(C)C)n1CC2. The zero-order valence-corrected chi connectivity index (χ0v) is 19.4. The average Bonchev–Trinajstić information content (AvgIpc) is 3.38. The molecule has 3 aromatic rings. The van der Waals surface area contributed by atoms with Crippen molar-refractivity contribution in [2.45, 2.75) is 33.7 Å². The molecule has 0 aliphatic carbocycles. The lowest BCUT2D eigenvalue weighted by Gasteiger charge is -2.24. The number of carbonyl (C=O) groups is 1. The number of nitrogens with one attached hydrogen (secondary N) is 1. The van der Waals surface area contributed by atoms with Crippen LogP contribution in [0.25, 0.3) is 27.8 Å². The van der Waals surface area contributed by atoms with Crippen LogP contribution in [0.15, 0.2) is 41.8 Å². The number of benzene rings is 1. The molecule has 32 heavy (non-hydrogen) atoms. The van der Waals surface area contributed by atoms with Crippen LogP contribution in [0.1, 0.15) is 42.4 Å². The first-order chi connectivity index (χ1) is 15.2. The molecule has 4 nitrogen and oxygen atoms in total. The predicted octanol–water partition coefficient (Wildman–Crippen LogP) is 6.46. The van der Waals surface area contributed by atoms with Gasteiger partial charge in [-0.2, -0.15) is 8.78 Å². The highest BCUT2D eigenvalue weighted by molar-refractivity contribution is 7.13. The second-order valence-electron chi connectivity index (χ2n) is 9.10. The third-order valence-electron chi connectivity index (χ3n) is 5.48. The molecule has 1 N–H and O–H groups in total. The Morgan fingerprint density at radius 3 is 2.66 bits per heavy atom. The van der Waals surface area contributed by atoms with E-state index in [2.05, 4.69) is 26.1 Å². The molecular weight excluding hydrogens is 430 g/mol. The summed E-state index contributed by atoms with van der Waals surface area (Å²) < 4.78 is 33.6. The van der Waals surface area contributed by atoms with Crippen molar-refractivity contribution in [3.8, 4) is 27.4 Å². The van der Waals surface area contributed by atoms with Gasteiger partial charge in [-0.1, -0.05) is 26.8 Å². The van der Waals surface area contributed by atoms with E-state index < -0.39 is 6.08 Å². The number of halogens is 2. The Kier molecular flexibility index (Phi) is 5.95. The highest BCUT2D eigenvalue weighted by Gasteiger charge is 2.28. The second-order valence-corrected chi connectivity index (χ2v) is 10.0. The third-order valence-corrected chi connectivity index (χ3v) is 6.38. The van der Waals surface area contributed by atoms with Crippen LogP contribution in [0.3, 0.4) is 0 Å². The van der Waals surface area contributed by atoms with Crippen molar-refractivity contribution in [1.29, 1.82) is 0 Å². The maximum absolute atomic E-state index is 13.1. The molecule has 0 saturated heterocycles. The maximum Gasteiger partial charge on any atom is 0.271 e. The van der Waals surface area contributed by atoms with Crippen LogP contribution in [0.5, 0.6) is 5.75 Å². The maximum atomic E-state index is 13.1. The van der Waals surface area contributed by atoms with Gasteiger partial charge in [-0.05, 0) is 47.0 Å². The molecule has 0 bridgehead atoms. The summed E-state index contributed by atoms with van der Waals surface area (Å²) in [7, 11) is 1.48. The Bertz CT molecular complexity index is 1180. The van der Waals surface area contributed by atoms with Crippen LogP contribution in [-0.2, 0) is 13.0 Å². The number of hydrogen-bond donors (Lipinski definition) is 1. The van der Waals surface area contributed by atoms with Crippen molar-refractivity contribution in [3.05, 3.63) is 58.6 Å². The van der Waals surface area contributed by atoms with Crippen LogP contribution in [-0.4, -0.2) is 24.1 Å². The minimum Gasteiger partial charge on any atom is -0.496 e. The summed E-state index contributed by atoms with van der Waals surface area (Å²) in [5, 5.41) is 5.03. The number of nitrogens with zero attached hydrogens (tertiary/aromatic N) is 1. The van der Waals surface area contributed by atoms with Crippen molar-refractivity contribution >= 4 is 23.3 Å². The van der Waals surface area contributed by atoms with E-state index in [9.17, 15) is 13.6 Å². The van der Waals surface area contributed by atoms with Crippen molar-refractivity contribution in [1.82, 2.24) is 9.88 Å². The number of ether oxygens (including phenoxy) is 1. The molecule has 0 spiro atoms. The highest BCUT2D eigenvalue weighted by atomic mass is 32.1.